The first-order valence-electron chi connectivity index (χ1n) is 7.24. The van der Waals surface area contributed by atoms with E-state index in [2.05, 4.69) is 27.3 Å². The first-order valence-corrected chi connectivity index (χ1v) is 8.05. The molecule has 2 heterocycles. The minimum Gasteiger partial charge on any atom is -0.372 e. The topological polar surface area (TPSA) is 45.2 Å². The highest BCUT2D eigenvalue weighted by Gasteiger charge is 2.15. The summed E-state index contributed by atoms with van der Waals surface area (Å²) in [6, 6.07) is 8.08. The van der Waals surface area contributed by atoms with Gasteiger partial charge in [-0.1, -0.05) is 0 Å². The van der Waals surface area contributed by atoms with E-state index in [1.807, 2.05) is 26.0 Å². The van der Waals surface area contributed by atoms with Gasteiger partial charge in [-0.15, -0.1) is 11.3 Å². The molecular weight excluding hydrogens is 282 g/mol. The molecule has 1 aromatic carbocycles. The van der Waals surface area contributed by atoms with Crippen molar-refractivity contribution in [1.29, 1.82) is 0 Å². The summed E-state index contributed by atoms with van der Waals surface area (Å²) < 4.78 is 0. The maximum absolute atomic E-state index is 12.2. The van der Waals surface area contributed by atoms with Crippen LogP contribution in [0.1, 0.15) is 33.2 Å². The van der Waals surface area contributed by atoms with Crippen LogP contribution in [0.25, 0.3) is 0 Å². The van der Waals surface area contributed by atoms with Crippen molar-refractivity contribution in [2.45, 2.75) is 26.7 Å². The van der Waals surface area contributed by atoms with Gasteiger partial charge in [0, 0.05) is 24.5 Å². The van der Waals surface area contributed by atoms with Crippen LogP contribution < -0.4 is 10.2 Å². The van der Waals surface area contributed by atoms with Gasteiger partial charge in [0.1, 0.15) is 4.88 Å². The molecule has 1 aromatic heterocycles. The van der Waals surface area contributed by atoms with Gasteiger partial charge in [0.15, 0.2) is 0 Å². The van der Waals surface area contributed by atoms with Crippen LogP contribution in [-0.4, -0.2) is 24.0 Å². The minimum absolute atomic E-state index is 0.0768. The highest BCUT2D eigenvalue weighted by atomic mass is 32.1. The molecule has 0 saturated carbocycles. The Morgan fingerprint density at radius 1 is 1.19 bits per heavy atom. The van der Waals surface area contributed by atoms with Crippen LogP contribution in [0.4, 0.5) is 11.4 Å². The zero-order valence-corrected chi connectivity index (χ0v) is 13.2. The fourth-order valence-electron chi connectivity index (χ4n) is 2.66. The standard InChI is InChI=1S/C16H19N3OS/c1-11-15(21-12(2)17-11)16(20)18-13-5-7-14(8-6-13)19-9-3-4-10-19/h5-8H,3-4,9-10H2,1-2H3,(H,18,20). The van der Waals surface area contributed by atoms with Crippen molar-refractivity contribution in [3.8, 4) is 0 Å². The number of thiazole rings is 1. The fraction of sp³-hybridized carbons (Fsp3) is 0.375. The SMILES string of the molecule is Cc1nc(C)c(C(=O)Nc2ccc(N3CCCC3)cc2)s1. The van der Waals surface area contributed by atoms with Gasteiger partial charge in [0.2, 0.25) is 0 Å². The predicted molar refractivity (Wildman–Crippen MR) is 87.4 cm³/mol. The van der Waals surface area contributed by atoms with Gasteiger partial charge >= 0.3 is 0 Å². The molecule has 0 atom stereocenters. The Morgan fingerprint density at radius 2 is 1.86 bits per heavy atom. The molecule has 1 aliphatic heterocycles. The number of nitrogens with one attached hydrogen (secondary N) is 1. The summed E-state index contributed by atoms with van der Waals surface area (Å²) in [5.41, 5.74) is 2.85. The summed E-state index contributed by atoms with van der Waals surface area (Å²) >= 11 is 1.43. The molecule has 0 spiro atoms. The van der Waals surface area contributed by atoms with Crippen LogP contribution >= 0.6 is 11.3 Å². The molecule has 1 aliphatic rings. The van der Waals surface area contributed by atoms with Crippen molar-refractivity contribution < 1.29 is 4.79 Å². The predicted octanol–water partition coefficient (Wildman–Crippen LogP) is 3.61. The van der Waals surface area contributed by atoms with E-state index in [1.165, 1.54) is 29.9 Å². The molecule has 5 heteroatoms. The summed E-state index contributed by atoms with van der Waals surface area (Å²) in [5.74, 6) is -0.0768. The molecular formula is C16H19N3OS. The average molecular weight is 301 g/mol. The number of aryl methyl sites for hydroxylation is 2. The van der Waals surface area contributed by atoms with Gasteiger partial charge in [-0.3, -0.25) is 4.79 Å². The highest BCUT2D eigenvalue weighted by molar-refractivity contribution is 7.13. The molecule has 1 N–H and O–H groups in total. The third-order valence-corrected chi connectivity index (χ3v) is 4.78. The van der Waals surface area contributed by atoms with Crippen molar-refractivity contribution >= 4 is 28.6 Å². The van der Waals surface area contributed by atoms with E-state index in [-0.39, 0.29) is 5.91 Å². The Kier molecular flexibility index (Phi) is 3.92. The molecule has 1 saturated heterocycles. The van der Waals surface area contributed by atoms with Gasteiger partial charge in [-0.05, 0) is 51.0 Å². The molecule has 4 nitrogen and oxygen atoms in total. The Labute approximate surface area is 128 Å². The lowest BCUT2D eigenvalue weighted by molar-refractivity contribution is 0.103. The van der Waals surface area contributed by atoms with Crippen molar-refractivity contribution in [2.75, 3.05) is 23.3 Å². The number of hydrogen-bond donors (Lipinski definition) is 1. The summed E-state index contributed by atoms with van der Waals surface area (Å²) in [5, 5.41) is 3.86. The van der Waals surface area contributed by atoms with Crippen molar-refractivity contribution in [3.63, 3.8) is 0 Å². The van der Waals surface area contributed by atoms with E-state index in [9.17, 15) is 4.79 Å². The monoisotopic (exact) mass is 301 g/mol. The largest absolute Gasteiger partial charge is 0.372 e. The van der Waals surface area contributed by atoms with E-state index in [4.69, 9.17) is 0 Å². The van der Waals surface area contributed by atoms with Crippen LogP contribution in [0.15, 0.2) is 24.3 Å². The molecule has 110 valence electrons. The lowest BCUT2D eigenvalue weighted by Gasteiger charge is -2.17. The van der Waals surface area contributed by atoms with Gasteiger partial charge < -0.3 is 10.2 Å². The lowest BCUT2D eigenvalue weighted by Crippen LogP contribution is -2.17. The van der Waals surface area contributed by atoms with Crippen LogP contribution in [-0.2, 0) is 0 Å². The number of carbonyl (C=O) groups is 1. The first-order chi connectivity index (χ1) is 10.1. The smallest absolute Gasteiger partial charge is 0.267 e. The molecule has 0 bridgehead atoms. The van der Waals surface area contributed by atoms with Crippen LogP contribution in [0.3, 0.4) is 0 Å². The lowest BCUT2D eigenvalue weighted by atomic mass is 10.2. The average Bonchev–Trinajstić information content (AvgIpc) is 3.09. The summed E-state index contributed by atoms with van der Waals surface area (Å²) in [7, 11) is 0. The fourth-order valence-corrected chi connectivity index (χ4v) is 3.48. The van der Waals surface area contributed by atoms with E-state index >= 15 is 0 Å². The molecule has 2 aromatic rings. The van der Waals surface area contributed by atoms with Gasteiger partial charge in [-0.2, -0.15) is 0 Å². The molecule has 1 fully saturated rings. The maximum Gasteiger partial charge on any atom is 0.267 e. The normalized spacial score (nSPS) is 14.5. The molecule has 21 heavy (non-hydrogen) atoms. The molecule has 1 amide bonds. The van der Waals surface area contributed by atoms with Crippen molar-refractivity contribution in [1.82, 2.24) is 4.98 Å². The second-order valence-electron chi connectivity index (χ2n) is 5.34. The van der Waals surface area contributed by atoms with E-state index in [0.29, 0.717) is 4.88 Å². The second-order valence-corrected chi connectivity index (χ2v) is 6.55. The number of carbonyl (C=O) groups excluding carboxylic acids is 1. The molecule has 0 unspecified atom stereocenters. The van der Waals surface area contributed by atoms with Gasteiger partial charge in [0.05, 0.1) is 10.7 Å². The number of anilines is 2. The quantitative estimate of drug-likeness (QED) is 0.942. The minimum atomic E-state index is -0.0768. The number of nitrogens with zero attached hydrogens (tertiary/aromatic N) is 2. The summed E-state index contributed by atoms with van der Waals surface area (Å²) in [6.07, 6.45) is 2.53. The van der Waals surface area contributed by atoms with Gasteiger partial charge in [0.25, 0.3) is 5.91 Å². The van der Waals surface area contributed by atoms with Crippen LogP contribution in [0.5, 0.6) is 0 Å². The van der Waals surface area contributed by atoms with Crippen molar-refractivity contribution in [3.05, 3.63) is 39.8 Å². The summed E-state index contributed by atoms with van der Waals surface area (Å²) in [6.45, 7) is 6.05. The first kappa shape index (κ1) is 14.1. The van der Waals surface area contributed by atoms with E-state index < -0.39 is 0 Å². The highest BCUT2D eigenvalue weighted by Crippen LogP contribution is 2.23. The Balaban J connectivity index is 1.70. The van der Waals surface area contributed by atoms with Gasteiger partial charge in [-0.25, -0.2) is 4.98 Å². The van der Waals surface area contributed by atoms with Crippen LogP contribution in [0.2, 0.25) is 0 Å². The molecule has 3 rings (SSSR count). The Hall–Kier alpha value is -1.88. The third kappa shape index (κ3) is 3.08. The number of benzene rings is 1. The van der Waals surface area contributed by atoms with Crippen LogP contribution in [0, 0.1) is 13.8 Å². The number of aromatic nitrogens is 1. The zero-order valence-electron chi connectivity index (χ0n) is 12.3. The number of amides is 1. The number of rotatable bonds is 3. The van der Waals surface area contributed by atoms with Crippen molar-refractivity contribution in [2.24, 2.45) is 0 Å². The Morgan fingerprint density at radius 3 is 2.43 bits per heavy atom. The summed E-state index contributed by atoms with van der Waals surface area (Å²) in [4.78, 5) is 19.6. The third-order valence-electron chi connectivity index (χ3n) is 3.71. The Bertz CT molecular complexity index is 642. The van der Waals surface area contributed by atoms with E-state index in [1.54, 1.807) is 0 Å². The zero-order chi connectivity index (χ0) is 14.8. The maximum atomic E-state index is 12.2. The molecule has 0 aliphatic carbocycles. The number of hydrogen-bond acceptors (Lipinski definition) is 4. The van der Waals surface area contributed by atoms with E-state index in [0.717, 1.165) is 29.5 Å². The second kappa shape index (κ2) is 5.85. The molecule has 0 radical (unpaired) electrons.